The Bertz CT molecular complexity index is 906. The van der Waals surface area contributed by atoms with Crippen LogP contribution in [0.15, 0.2) is 29.3 Å². The van der Waals surface area contributed by atoms with Crippen molar-refractivity contribution >= 4 is 23.3 Å². The first-order valence-electron chi connectivity index (χ1n) is 13.0. The fourth-order valence-electron chi connectivity index (χ4n) is 3.49. The average molecular weight is 503 g/mol. The third-order valence-electron chi connectivity index (χ3n) is 6.13. The first kappa shape index (κ1) is 33.2. The van der Waals surface area contributed by atoms with Gasteiger partial charge in [-0.3, -0.25) is 19.2 Å². The summed E-state index contributed by atoms with van der Waals surface area (Å²) in [4.78, 5) is 45.5. The maximum atomic E-state index is 12.1. The van der Waals surface area contributed by atoms with Gasteiger partial charge in [0.1, 0.15) is 11.5 Å². The fraction of sp³-hybridized carbons (Fsp3) is 0.600. The molecule has 0 fully saturated rings. The van der Waals surface area contributed by atoms with Crippen molar-refractivity contribution in [1.29, 1.82) is 0 Å². The molecule has 1 aromatic rings. The summed E-state index contributed by atoms with van der Waals surface area (Å²) in [6.45, 7) is 16.1. The quantitative estimate of drug-likeness (QED) is 0.152. The first-order chi connectivity index (χ1) is 16.8. The second-order valence-electron chi connectivity index (χ2n) is 9.89. The summed E-state index contributed by atoms with van der Waals surface area (Å²) in [5, 5.41) is 8.54. The molecule has 0 aromatic heterocycles. The molecule has 0 aliphatic carbocycles. The van der Waals surface area contributed by atoms with Crippen LogP contribution in [0.5, 0.6) is 5.75 Å². The Morgan fingerprint density at radius 3 is 2.03 bits per heavy atom. The standard InChI is InChI=1S/C17H22O5.C13H24O/c1-11(2)17(21)14-8-7-13(10-15(14)12(3)18)22-9-5-4-6-16(19)20;1-6-7-13(14)9-8-11(4)12(5)10(2)3/h7-8,10-11H,4-6,9H2,1-3H3,(H,19,20);11H,6-9H2,1-5H3. The van der Waals surface area contributed by atoms with Gasteiger partial charge in [-0.1, -0.05) is 38.8 Å². The molecule has 0 radical (unpaired) electrons. The molecule has 1 aromatic carbocycles. The molecule has 0 amide bonds. The van der Waals surface area contributed by atoms with Crippen molar-refractivity contribution in [3.63, 3.8) is 0 Å². The minimum Gasteiger partial charge on any atom is -0.494 e. The smallest absolute Gasteiger partial charge is 0.303 e. The minimum absolute atomic E-state index is 0.0711. The minimum atomic E-state index is -0.824. The number of carbonyl (C=O) groups is 4. The Kier molecular flexibility index (Phi) is 16.3. The molecule has 0 saturated carbocycles. The van der Waals surface area contributed by atoms with E-state index in [2.05, 4.69) is 34.6 Å². The molecule has 0 saturated heterocycles. The van der Waals surface area contributed by atoms with Crippen molar-refractivity contribution in [1.82, 2.24) is 0 Å². The lowest BCUT2D eigenvalue weighted by Crippen LogP contribution is -2.13. The largest absolute Gasteiger partial charge is 0.494 e. The summed E-state index contributed by atoms with van der Waals surface area (Å²) in [7, 11) is 0. The Balaban J connectivity index is 0.000000757. The number of carbonyl (C=O) groups excluding carboxylic acids is 3. The van der Waals surface area contributed by atoms with Crippen LogP contribution in [-0.4, -0.2) is 35.0 Å². The Morgan fingerprint density at radius 2 is 1.53 bits per heavy atom. The Hall–Kier alpha value is -2.76. The normalized spacial score (nSPS) is 11.2. The number of rotatable bonds is 15. The molecule has 202 valence electrons. The molecule has 1 unspecified atom stereocenters. The van der Waals surface area contributed by atoms with E-state index in [0.717, 1.165) is 25.7 Å². The van der Waals surface area contributed by atoms with Gasteiger partial charge in [0.25, 0.3) is 0 Å². The van der Waals surface area contributed by atoms with Crippen molar-refractivity contribution in [3.05, 3.63) is 40.5 Å². The number of hydrogen-bond donors (Lipinski definition) is 1. The Labute approximate surface area is 217 Å². The lowest BCUT2D eigenvalue weighted by molar-refractivity contribution is -0.137. The van der Waals surface area contributed by atoms with Gasteiger partial charge in [0.15, 0.2) is 11.6 Å². The first-order valence-corrected chi connectivity index (χ1v) is 13.0. The van der Waals surface area contributed by atoms with E-state index < -0.39 is 5.97 Å². The fourth-order valence-corrected chi connectivity index (χ4v) is 3.49. The van der Waals surface area contributed by atoms with E-state index in [0.29, 0.717) is 48.0 Å². The predicted octanol–water partition coefficient (Wildman–Crippen LogP) is 7.49. The lowest BCUT2D eigenvalue weighted by Gasteiger charge is -2.13. The molecular formula is C30H46O6. The van der Waals surface area contributed by atoms with Crippen LogP contribution in [-0.2, 0) is 9.59 Å². The highest BCUT2D eigenvalue weighted by Gasteiger charge is 2.18. The van der Waals surface area contributed by atoms with E-state index in [9.17, 15) is 19.2 Å². The molecule has 0 aliphatic heterocycles. The number of carboxylic acids is 1. The molecule has 0 spiro atoms. The zero-order chi connectivity index (χ0) is 27.8. The third-order valence-corrected chi connectivity index (χ3v) is 6.13. The molecular weight excluding hydrogens is 456 g/mol. The molecule has 0 heterocycles. The van der Waals surface area contributed by atoms with Crippen LogP contribution in [0, 0.1) is 11.8 Å². The summed E-state index contributed by atoms with van der Waals surface area (Å²) >= 11 is 0. The number of Topliss-reactive ketones (excluding diaryl/α,β-unsaturated/α-hetero) is 3. The highest BCUT2D eigenvalue weighted by atomic mass is 16.5. The number of aliphatic carboxylic acids is 1. The monoisotopic (exact) mass is 502 g/mol. The van der Waals surface area contributed by atoms with Crippen LogP contribution in [0.3, 0.4) is 0 Å². The molecule has 6 nitrogen and oxygen atoms in total. The number of allylic oxidation sites excluding steroid dienone is 2. The van der Waals surface area contributed by atoms with Crippen molar-refractivity contribution in [2.75, 3.05) is 6.61 Å². The van der Waals surface area contributed by atoms with Gasteiger partial charge in [0.05, 0.1) is 6.61 Å². The van der Waals surface area contributed by atoms with Gasteiger partial charge in [0, 0.05) is 36.3 Å². The number of benzene rings is 1. The number of carboxylic acid groups (broad SMARTS) is 1. The summed E-state index contributed by atoms with van der Waals surface area (Å²) < 4.78 is 5.52. The maximum Gasteiger partial charge on any atom is 0.303 e. The van der Waals surface area contributed by atoms with Crippen LogP contribution in [0.2, 0.25) is 0 Å². The van der Waals surface area contributed by atoms with Crippen molar-refractivity contribution in [3.8, 4) is 5.75 Å². The zero-order valence-electron chi connectivity index (χ0n) is 23.5. The van der Waals surface area contributed by atoms with E-state index in [1.54, 1.807) is 32.0 Å². The molecule has 6 heteroatoms. The van der Waals surface area contributed by atoms with E-state index in [1.807, 2.05) is 0 Å². The van der Waals surface area contributed by atoms with Gasteiger partial charge in [-0.2, -0.15) is 0 Å². The van der Waals surface area contributed by atoms with Crippen LogP contribution >= 0.6 is 0 Å². The summed E-state index contributed by atoms with van der Waals surface area (Å²) in [5.74, 6) is 0.234. The van der Waals surface area contributed by atoms with Gasteiger partial charge in [0.2, 0.25) is 0 Å². The number of unbranched alkanes of at least 4 members (excludes halogenated alkanes) is 1. The van der Waals surface area contributed by atoms with E-state index >= 15 is 0 Å². The van der Waals surface area contributed by atoms with Gasteiger partial charge in [-0.25, -0.2) is 0 Å². The lowest BCUT2D eigenvalue weighted by atomic mass is 9.93. The van der Waals surface area contributed by atoms with Crippen molar-refractivity contribution in [2.45, 2.75) is 100 Å². The topological polar surface area (TPSA) is 97.7 Å². The molecule has 1 atom stereocenters. The highest BCUT2D eigenvalue weighted by molar-refractivity contribution is 6.08. The Morgan fingerprint density at radius 1 is 0.889 bits per heavy atom. The zero-order valence-corrected chi connectivity index (χ0v) is 23.5. The second-order valence-corrected chi connectivity index (χ2v) is 9.89. The van der Waals surface area contributed by atoms with E-state index in [4.69, 9.17) is 9.84 Å². The SMILES string of the molecule is CC(=O)c1cc(OCCCCC(=O)O)ccc1C(=O)C(C)C.CCCC(=O)CCC(C)C(C)=C(C)C. The second kappa shape index (κ2) is 17.6. The third kappa shape index (κ3) is 13.4. The van der Waals surface area contributed by atoms with Crippen LogP contribution in [0.25, 0.3) is 0 Å². The predicted molar refractivity (Wildman–Crippen MR) is 145 cm³/mol. The number of ether oxygens (including phenoxy) is 1. The number of ketones is 3. The van der Waals surface area contributed by atoms with Crippen molar-refractivity contribution < 1.29 is 29.0 Å². The maximum absolute atomic E-state index is 12.1. The summed E-state index contributed by atoms with van der Waals surface area (Å²) in [6.07, 6.45) is 4.77. The average Bonchev–Trinajstić information content (AvgIpc) is 2.81. The van der Waals surface area contributed by atoms with Gasteiger partial charge in [-0.05, 0) is 77.5 Å². The van der Waals surface area contributed by atoms with Crippen LogP contribution < -0.4 is 4.74 Å². The molecule has 0 aliphatic rings. The van der Waals surface area contributed by atoms with Crippen LogP contribution in [0.1, 0.15) is 121 Å². The van der Waals surface area contributed by atoms with Crippen molar-refractivity contribution in [2.24, 2.45) is 11.8 Å². The van der Waals surface area contributed by atoms with Gasteiger partial charge < -0.3 is 9.84 Å². The van der Waals surface area contributed by atoms with Crippen LogP contribution in [0.4, 0.5) is 0 Å². The number of hydrogen-bond acceptors (Lipinski definition) is 5. The molecule has 36 heavy (non-hydrogen) atoms. The highest BCUT2D eigenvalue weighted by Crippen LogP contribution is 2.22. The summed E-state index contributed by atoms with van der Waals surface area (Å²) in [5.41, 5.74) is 3.61. The molecule has 0 bridgehead atoms. The summed E-state index contributed by atoms with van der Waals surface area (Å²) in [6, 6.07) is 4.86. The van der Waals surface area contributed by atoms with E-state index in [1.165, 1.54) is 18.1 Å². The van der Waals surface area contributed by atoms with Gasteiger partial charge >= 0.3 is 5.97 Å². The van der Waals surface area contributed by atoms with Gasteiger partial charge in [-0.15, -0.1) is 0 Å². The molecule has 1 N–H and O–H groups in total. The molecule has 1 rings (SSSR count). The van der Waals surface area contributed by atoms with E-state index in [-0.39, 0.29) is 23.9 Å².